The first kappa shape index (κ1) is 16.0. The highest BCUT2D eigenvalue weighted by atomic mass is 16.5. The smallest absolute Gasteiger partial charge is 0.242 e. The molecule has 1 amide bonds. The van der Waals surface area contributed by atoms with E-state index >= 15 is 0 Å². The Morgan fingerprint density at radius 1 is 1.45 bits per heavy atom. The average molecular weight is 275 g/mol. The Balaban J connectivity index is 2.72. The molecule has 0 saturated carbocycles. The third-order valence-electron chi connectivity index (χ3n) is 3.00. The van der Waals surface area contributed by atoms with E-state index in [2.05, 4.69) is 11.4 Å². The van der Waals surface area contributed by atoms with E-state index in [1.165, 1.54) is 0 Å². The number of carbonyl (C=O) groups excluding carboxylic acids is 1. The third kappa shape index (κ3) is 4.90. The van der Waals surface area contributed by atoms with Gasteiger partial charge in [0.15, 0.2) is 0 Å². The van der Waals surface area contributed by atoms with Crippen molar-refractivity contribution in [2.75, 3.05) is 31.7 Å². The minimum Gasteiger partial charge on any atom is -0.383 e. The molecule has 0 spiro atoms. The van der Waals surface area contributed by atoms with E-state index in [1.54, 1.807) is 7.11 Å². The monoisotopic (exact) mass is 275 g/mol. The summed E-state index contributed by atoms with van der Waals surface area (Å²) >= 11 is 0. The molecule has 0 bridgehead atoms. The highest BCUT2D eigenvalue weighted by Crippen LogP contribution is 2.16. The van der Waals surface area contributed by atoms with E-state index in [0.717, 1.165) is 5.69 Å². The Labute approximate surface area is 120 Å². The fourth-order valence-corrected chi connectivity index (χ4v) is 1.90. The molecule has 1 aromatic carbocycles. The third-order valence-corrected chi connectivity index (χ3v) is 3.00. The minimum atomic E-state index is -0.331. The molecule has 0 aliphatic heterocycles. The number of anilines is 1. The number of methoxy groups -OCH3 is 1. The molecule has 0 radical (unpaired) electrons. The van der Waals surface area contributed by atoms with Crippen LogP contribution in [0.3, 0.4) is 0 Å². The van der Waals surface area contributed by atoms with Crippen LogP contribution < -0.4 is 10.2 Å². The predicted molar refractivity (Wildman–Crippen MR) is 78.4 cm³/mol. The number of rotatable bonds is 8. The zero-order valence-corrected chi connectivity index (χ0v) is 12.0. The van der Waals surface area contributed by atoms with E-state index < -0.39 is 0 Å². The van der Waals surface area contributed by atoms with Crippen LogP contribution in [-0.2, 0) is 9.53 Å². The van der Waals surface area contributed by atoms with Crippen LogP contribution in [-0.4, -0.2) is 38.8 Å². The second-order valence-corrected chi connectivity index (χ2v) is 4.40. The summed E-state index contributed by atoms with van der Waals surface area (Å²) in [6.45, 7) is 3.34. The predicted octanol–water partition coefficient (Wildman–Crippen LogP) is 1.56. The normalized spacial score (nSPS) is 11.4. The Bertz CT molecular complexity index is 442. The molecule has 0 saturated heterocycles. The van der Waals surface area contributed by atoms with Crippen LogP contribution in [0.4, 0.5) is 5.69 Å². The van der Waals surface area contributed by atoms with Crippen LogP contribution in [0, 0.1) is 11.3 Å². The van der Waals surface area contributed by atoms with Crippen LogP contribution in [0.2, 0.25) is 0 Å². The molecule has 5 heteroatoms. The van der Waals surface area contributed by atoms with Crippen LogP contribution in [0.25, 0.3) is 0 Å². The minimum absolute atomic E-state index is 0.0659. The summed E-state index contributed by atoms with van der Waals surface area (Å²) in [6.07, 6.45) is 0.380. The summed E-state index contributed by atoms with van der Waals surface area (Å²) in [4.78, 5) is 14.0. The molecule has 1 atom stereocenters. The summed E-state index contributed by atoms with van der Waals surface area (Å²) in [5, 5.41) is 11.6. The molecule has 20 heavy (non-hydrogen) atoms. The van der Waals surface area contributed by atoms with Crippen molar-refractivity contribution >= 4 is 11.6 Å². The first-order valence-electron chi connectivity index (χ1n) is 6.66. The van der Waals surface area contributed by atoms with Gasteiger partial charge in [-0.25, -0.2) is 0 Å². The van der Waals surface area contributed by atoms with Crippen molar-refractivity contribution in [3.05, 3.63) is 30.3 Å². The standard InChI is InChI=1S/C15H21N3O2/c1-13(15(19)17-10-12-20-2)18(11-6-9-16)14-7-4-3-5-8-14/h3-5,7-8,13H,6,10-12H2,1-2H3,(H,17,19). The van der Waals surface area contributed by atoms with E-state index in [-0.39, 0.29) is 11.9 Å². The van der Waals surface area contributed by atoms with Crippen molar-refractivity contribution in [2.45, 2.75) is 19.4 Å². The molecule has 5 nitrogen and oxygen atoms in total. The molecule has 1 aromatic rings. The van der Waals surface area contributed by atoms with Crippen molar-refractivity contribution in [3.63, 3.8) is 0 Å². The fourth-order valence-electron chi connectivity index (χ4n) is 1.90. The lowest BCUT2D eigenvalue weighted by Gasteiger charge is -2.29. The van der Waals surface area contributed by atoms with Gasteiger partial charge in [0.2, 0.25) is 5.91 Å². The second-order valence-electron chi connectivity index (χ2n) is 4.40. The number of amides is 1. The van der Waals surface area contributed by atoms with Gasteiger partial charge in [0.1, 0.15) is 6.04 Å². The van der Waals surface area contributed by atoms with E-state index in [0.29, 0.717) is 26.1 Å². The fraction of sp³-hybridized carbons (Fsp3) is 0.467. The molecule has 0 fully saturated rings. The topological polar surface area (TPSA) is 65.4 Å². The van der Waals surface area contributed by atoms with Crippen molar-refractivity contribution in [2.24, 2.45) is 0 Å². The lowest BCUT2D eigenvalue weighted by Crippen LogP contribution is -2.46. The summed E-state index contributed by atoms with van der Waals surface area (Å²) < 4.78 is 4.91. The zero-order valence-electron chi connectivity index (χ0n) is 12.0. The molecule has 0 aliphatic carbocycles. The Morgan fingerprint density at radius 3 is 2.75 bits per heavy atom. The Hall–Kier alpha value is -2.06. The van der Waals surface area contributed by atoms with Gasteiger partial charge in [-0.05, 0) is 19.1 Å². The molecule has 0 heterocycles. The van der Waals surface area contributed by atoms with E-state index in [1.807, 2.05) is 42.2 Å². The summed E-state index contributed by atoms with van der Waals surface area (Å²) in [5.41, 5.74) is 0.942. The highest BCUT2D eigenvalue weighted by molar-refractivity contribution is 5.84. The number of hydrogen-bond donors (Lipinski definition) is 1. The Morgan fingerprint density at radius 2 is 2.15 bits per heavy atom. The molecule has 0 aliphatic rings. The molecule has 108 valence electrons. The van der Waals surface area contributed by atoms with Gasteiger partial charge >= 0.3 is 0 Å². The highest BCUT2D eigenvalue weighted by Gasteiger charge is 2.20. The number of ether oxygens (including phenoxy) is 1. The maximum atomic E-state index is 12.1. The molecule has 1 rings (SSSR count). The van der Waals surface area contributed by atoms with Crippen molar-refractivity contribution in [1.29, 1.82) is 5.26 Å². The Kier molecular flexibility index (Phi) is 7.15. The molecule has 1 unspecified atom stereocenters. The quantitative estimate of drug-likeness (QED) is 0.731. The number of carbonyl (C=O) groups is 1. The van der Waals surface area contributed by atoms with Gasteiger partial charge in [0, 0.05) is 25.9 Å². The first-order chi connectivity index (χ1) is 9.70. The maximum absolute atomic E-state index is 12.1. The molecular formula is C15H21N3O2. The van der Waals surface area contributed by atoms with Crippen LogP contribution >= 0.6 is 0 Å². The van der Waals surface area contributed by atoms with Gasteiger partial charge in [0.05, 0.1) is 19.1 Å². The average Bonchev–Trinajstić information content (AvgIpc) is 2.48. The SMILES string of the molecule is COCCNC(=O)C(C)N(CCC#N)c1ccccc1. The van der Waals surface area contributed by atoms with Gasteiger partial charge < -0.3 is 15.0 Å². The van der Waals surface area contributed by atoms with Gasteiger partial charge in [0.25, 0.3) is 0 Å². The van der Waals surface area contributed by atoms with Crippen LogP contribution in [0.1, 0.15) is 13.3 Å². The van der Waals surface area contributed by atoms with Gasteiger partial charge in [-0.3, -0.25) is 4.79 Å². The number of para-hydroxylation sites is 1. The van der Waals surface area contributed by atoms with E-state index in [4.69, 9.17) is 10.00 Å². The first-order valence-corrected chi connectivity index (χ1v) is 6.66. The number of nitrogens with zero attached hydrogens (tertiary/aromatic N) is 2. The number of hydrogen-bond acceptors (Lipinski definition) is 4. The van der Waals surface area contributed by atoms with E-state index in [9.17, 15) is 4.79 Å². The second kappa shape index (κ2) is 8.94. The van der Waals surface area contributed by atoms with Crippen LogP contribution in [0.15, 0.2) is 30.3 Å². The molecule has 0 aromatic heterocycles. The van der Waals surface area contributed by atoms with Crippen molar-refractivity contribution in [1.82, 2.24) is 5.32 Å². The summed E-state index contributed by atoms with van der Waals surface area (Å²) in [5.74, 6) is -0.0659. The summed E-state index contributed by atoms with van der Waals surface area (Å²) in [6, 6.07) is 11.4. The van der Waals surface area contributed by atoms with Gasteiger partial charge in [-0.15, -0.1) is 0 Å². The maximum Gasteiger partial charge on any atom is 0.242 e. The lowest BCUT2D eigenvalue weighted by atomic mass is 10.2. The van der Waals surface area contributed by atoms with Crippen molar-refractivity contribution in [3.8, 4) is 6.07 Å². The van der Waals surface area contributed by atoms with Gasteiger partial charge in [-0.2, -0.15) is 5.26 Å². The lowest BCUT2D eigenvalue weighted by molar-refractivity contribution is -0.122. The largest absolute Gasteiger partial charge is 0.383 e. The summed E-state index contributed by atoms with van der Waals surface area (Å²) in [7, 11) is 1.60. The zero-order chi connectivity index (χ0) is 14.8. The van der Waals surface area contributed by atoms with Crippen molar-refractivity contribution < 1.29 is 9.53 Å². The molecule has 1 N–H and O–H groups in total. The van der Waals surface area contributed by atoms with Crippen LogP contribution in [0.5, 0.6) is 0 Å². The van der Waals surface area contributed by atoms with Gasteiger partial charge in [-0.1, -0.05) is 18.2 Å². The molecular weight excluding hydrogens is 254 g/mol. The number of benzene rings is 1. The number of nitrogens with one attached hydrogen (secondary N) is 1. The number of nitriles is 1.